The third kappa shape index (κ3) is 6.57. The maximum atomic E-state index is 13.3. The van der Waals surface area contributed by atoms with Crippen molar-refractivity contribution in [2.24, 2.45) is 5.92 Å². The third-order valence-electron chi connectivity index (χ3n) is 5.26. The van der Waals surface area contributed by atoms with Crippen LogP contribution in [0.3, 0.4) is 0 Å². The van der Waals surface area contributed by atoms with Crippen LogP contribution in [-0.4, -0.2) is 48.5 Å². The monoisotopic (exact) mass is 398 g/mol. The van der Waals surface area contributed by atoms with Crippen LogP contribution in [0.15, 0.2) is 48.5 Å². The van der Waals surface area contributed by atoms with E-state index in [0.717, 1.165) is 42.9 Å². The molecule has 1 heterocycles. The topological polar surface area (TPSA) is 32.8 Å². The van der Waals surface area contributed by atoms with E-state index in [1.54, 1.807) is 12.1 Å². The van der Waals surface area contributed by atoms with Crippen molar-refractivity contribution in [3.05, 3.63) is 65.5 Å². The van der Waals surface area contributed by atoms with Gasteiger partial charge in [0, 0.05) is 19.6 Å². The summed E-state index contributed by atoms with van der Waals surface area (Å²) in [5.74, 6) is 1.13. The first-order valence-electron chi connectivity index (χ1n) is 10.4. The average Bonchev–Trinajstić information content (AvgIpc) is 3.09. The lowest BCUT2D eigenvalue weighted by Crippen LogP contribution is -2.36. The van der Waals surface area contributed by atoms with Crippen molar-refractivity contribution in [3.8, 4) is 5.75 Å². The Morgan fingerprint density at radius 2 is 1.79 bits per heavy atom. The van der Waals surface area contributed by atoms with Crippen molar-refractivity contribution >= 4 is 5.91 Å². The fourth-order valence-corrected chi connectivity index (χ4v) is 3.80. The summed E-state index contributed by atoms with van der Waals surface area (Å²) in [6.45, 7) is 7.30. The van der Waals surface area contributed by atoms with Crippen LogP contribution in [0.1, 0.15) is 31.4 Å². The SMILES string of the molecule is CC(C)Oc1ccc(CC(=O)N(Cc2ccc(F)cc2)C[C@H]2CCN(C)C2)cc1. The number of amides is 1. The third-order valence-corrected chi connectivity index (χ3v) is 5.26. The van der Waals surface area contributed by atoms with Gasteiger partial charge in [0.25, 0.3) is 0 Å². The van der Waals surface area contributed by atoms with Gasteiger partial charge in [0.1, 0.15) is 11.6 Å². The summed E-state index contributed by atoms with van der Waals surface area (Å²) in [7, 11) is 2.12. The number of halogens is 1. The van der Waals surface area contributed by atoms with Crippen LogP contribution < -0.4 is 4.74 Å². The molecule has 3 rings (SSSR count). The van der Waals surface area contributed by atoms with Crippen molar-refractivity contribution in [1.82, 2.24) is 9.80 Å². The van der Waals surface area contributed by atoms with E-state index in [-0.39, 0.29) is 17.8 Å². The minimum Gasteiger partial charge on any atom is -0.491 e. The van der Waals surface area contributed by atoms with Crippen molar-refractivity contribution in [2.45, 2.75) is 39.3 Å². The molecule has 1 atom stereocenters. The van der Waals surface area contributed by atoms with Crippen LogP contribution in [-0.2, 0) is 17.8 Å². The first-order valence-corrected chi connectivity index (χ1v) is 10.4. The smallest absolute Gasteiger partial charge is 0.227 e. The molecular weight excluding hydrogens is 367 g/mol. The standard InChI is InChI=1S/C24H31FN2O2/c1-18(2)29-23-10-6-19(7-11-23)14-24(28)27(17-21-12-13-26(3)15-21)16-20-4-8-22(25)9-5-20/h4-11,18,21H,12-17H2,1-3H3/t21-/m0/s1. The van der Waals surface area contributed by atoms with Crippen molar-refractivity contribution < 1.29 is 13.9 Å². The zero-order chi connectivity index (χ0) is 20.8. The molecule has 2 aromatic carbocycles. The van der Waals surface area contributed by atoms with Crippen LogP contribution in [0.5, 0.6) is 5.75 Å². The highest BCUT2D eigenvalue weighted by Crippen LogP contribution is 2.19. The van der Waals surface area contributed by atoms with E-state index in [2.05, 4.69) is 11.9 Å². The minimum absolute atomic E-state index is 0.0985. The van der Waals surface area contributed by atoms with E-state index in [4.69, 9.17) is 4.74 Å². The molecule has 0 aromatic heterocycles. The van der Waals surface area contributed by atoms with Gasteiger partial charge in [-0.1, -0.05) is 24.3 Å². The molecule has 156 valence electrons. The number of hydrogen-bond donors (Lipinski definition) is 0. The van der Waals surface area contributed by atoms with Crippen molar-refractivity contribution in [3.63, 3.8) is 0 Å². The predicted octanol–water partition coefficient (Wildman–Crippen LogP) is 4.14. The van der Waals surface area contributed by atoms with Crippen molar-refractivity contribution in [2.75, 3.05) is 26.7 Å². The van der Waals surface area contributed by atoms with Gasteiger partial charge in [-0.2, -0.15) is 0 Å². The van der Waals surface area contributed by atoms with E-state index in [1.165, 1.54) is 12.1 Å². The van der Waals surface area contributed by atoms with Crippen molar-refractivity contribution in [1.29, 1.82) is 0 Å². The van der Waals surface area contributed by atoms with Gasteiger partial charge in [0.05, 0.1) is 12.5 Å². The Kier molecular flexibility index (Phi) is 7.26. The molecule has 1 aliphatic heterocycles. The normalized spacial score (nSPS) is 16.9. The highest BCUT2D eigenvalue weighted by molar-refractivity contribution is 5.78. The molecule has 0 aliphatic carbocycles. The minimum atomic E-state index is -0.257. The zero-order valence-electron chi connectivity index (χ0n) is 17.6. The number of carbonyl (C=O) groups excluding carboxylic acids is 1. The molecule has 1 fully saturated rings. The largest absolute Gasteiger partial charge is 0.491 e. The second kappa shape index (κ2) is 9.88. The maximum Gasteiger partial charge on any atom is 0.227 e. The second-order valence-electron chi connectivity index (χ2n) is 8.31. The molecule has 0 saturated carbocycles. The molecule has 4 nitrogen and oxygen atoms in total. The molecular formula is C24H31FN2O2. The molecule has 1 amide bonds. The Morgan fingerprint density at radius 3 is 2.38 bits per heavy atom. The first kappa shape index (κ1) is 21.3. The van der Waals surface area contributed by atoms with Crippen LogP contribution in [0.2, 0.25) is 0 Å². The molecule has 29 heavy (non-hydrogen) atoms. The molecule has 5 heteroatoms. The molecule has 1 aliphatic rings. The highest BCUT2D eigenvalue weighted by Gasteiger charge is 2.24. The predicted molar refractivity (Wildman–Crippen MR) is 113 cm³/mol. The van der Waals surface area contributed by atoms with E-state index in [1.807, 2.05) is 43.0 Å². The lowest BCUT2D eigenvalue weighted by molar-refractivity contribution is -0.131. The number of benzene rings is 2. The van der Waals surface area contributed by atoms with Crippen LogP contribution >= 0.6 is 0 Å². The van der Waals surface area contributed by atoms with Crippen LogP contribution in [0.4, 0.5) is 4.39 Å². The summed E-state index contributed by atoms with van der Waals surface area (Å²) in [6, 6.07) is 14.2. The molecule has 0 N–H and O–H groups in total. The van der Waals surface area contributed by atoms with Gasteiger partial charge in [-0.3, -0.25) is 4.79 Å². The van der Waals surface area contributed by atoms with E-state index < -0.39 is 0 Å². The van der Waals surface area contributed by atoms with Gasteiger partial charge in [0.2, 0.25) is 5.91 Å². The van der Waals surface area contributed by atoms with E-state index >= 15 is 0 Å². The van der Waals surface area contributed by atoms with Gasteiger partial charge < -0.3 is 14.5 Å². The van der Waals surface area contributed by atoms with E-state index in [9.17, 15) is 9.18 Å². The van der Waals surface area contributed by atoms with Gasteiger partial charge in [0.15, 0.2) is 0 Å². The number of ether oxygens (including phenoxy) is 1. The Balaban J connectivity index is 1.68. The van der Waals surface area contributed by atoms with Gasteiger partial charge in [-0.25, -0.2) is 4.39 Å². The Bertz CT molecular complexity index is 790. The summed E-state index contributed by atoms with van der Waals surface area (Å²) in [5.41, 5.74) is 1.92. The van der Waals surface area contributed by atoms with Gasteiger partial charge >= 0.3 is 0 Å². The van der Waals surface area contributed by atoms with Crippen LogP contribution in [0, 0.1) is 11.7 Å². The summed E-state index contributed by atoms with van der Waals surface area (Å²) >= 11 is 0. The summed E-state index contributed by atoms with van der Waals surface area (Å²) in [5, 5.41) is 0. The fraction of sp³-hybridized carbons (Fsp3) is 0.458. The number of likely N-dealkylation sites (tertiary alicyclic amines) is 1. The molecule has 0 unspecified atom stereocenters. The summed E-state index contributed by atoms with van der Waals surface area (Å²) in [4.78, 5) is 17.4. The number of rotatable bonds is 8. The Labute approximate surface area is 173 Å². The summed E-state index contributed by atoms with van der Waals surface area (Å²) < 4.78 is 18.9. The second-order valence-corrected chi connectivity index (χ2v) is 8.31. The maximum absolute atomic E-state index is 13.3. The molecule has 0 radical (unpaired) electrons. The molecule has 2 aromatic rings. The molecule has 1 saturated heterocycles. The highest BCUT2D eigenvalue weighted by atomic mass is 19.1. The number of nitrogens with zero attached hydrogens (tertiary/aromatic N) is 2. The average molecular weight is 399 g/mol. The lowest BCUT2D eigenvalue weighted by atomic mass is 10.1. The number of hydrogen-bond acceptors (Lipinski definition) is 3. The molecule has 0 bridgehead atoms. The van der Waals surface area contributed by atoms with Gasteiger partial charge in [-0.05, 0) is 75.2 Å². The van der Waals surface area contributed by atoms with E-state index in [0.29, 0.717) is 18.9 Å². The van der Waals surface area contributed by atoms with Crippen LogP contribution in [0.25, 0.3) is 0 Å². The molecule has 0 spiro atoms. The Morgan fingerprint density at radius 1 is 1.14 bits per heavy atom. The lowest BCUT2D eigenvalue weighted by Gasteiger charge is -2.26. The Hall–Kier alpha value is -2.40. The van der Waals surface area contributed by atoms with Gasteiger partial charge in [-0.15, -0.1) is 0 Å². The summed E-state index contributed by atoms with van der Waals surface area (Å²) in [6.07, 6.45) is 1.58. The quantitative estimate of drug-likeness (QED) is 0.670. The first-order chi connectivity index (χ1) is 13.9. The fourth-order valence-electron chi connectivity index (χ4n) is 3.80. The zero-order valence-corrected chi connectivity index (χ0v) is 17.6. The number of carbonyl (C=O) groups is 1.